The van der Waals surface area contributed by atoms with Gasteiger partial charge in [0, 0.05) is 30.6 Å². The molecule has 0 unspecified atom stereocenters. The van der Waals surface area contributed by atoms with Gasteiger partial charge in [-0.15, -0.1) is 0 Å². The molecule has 3 N–H and O–H groups in total. The van der Waals surface area contributed by atoms with Gasteiger partial charge in [0.15, 0.2) is 0 Å². The molecular formula is C16H20N2O4. The lowest BCUT2D eigenvalue weighted by Gasteiger charge is -2.45. The standard InChI is InChI=1S/C16H20N2O4/c1-16(2,21)12-9-18(10-12)15(20)13-6-4-3-5-11(13)7-8-14(19)17-22/h3-8,12,21-22H,9-10H2,1-2H3,(H,17,19)/b8-7+. The van der Waals surface area contributed by atoms with Crippen molar-refractivity contribution < 1.29 is 19.9 Å². The molecule has 1 fully saturated rings. The van der Waals surface area contributed by atoms with Crippen LogP contribution in [0.5, 0.6) is 0 Å². The van der Waals surface area contributed by atoms with Crippen molar-refractivity contribution in [3.63, 3.8) is 0 Å². The van der Waals surface area contributed by atoms with Gasteiger partial charge in [-0.25, -0.2) is 5.48 Å². The molecule has 6 heteroatoms. The highest BCUT2D eigenvalue weighted by atomic mass is 16.5. The van der Waals surface area contributed by atoms with E-state index in [1.807, 2.05) is 0 Å². The van der Waals surface area contributed by atoms with Crippen LogP contribution in [0.15, 0.2) is 30.3 Å². The van der Waals surface area contributed by atoms with Crippen molar-refractivity contribution >= 4 is 17.9 Å². The topological polar surface area (TPSA) is 89.9 Å². The minimum Gasteiger partial charge on any atom is -0.390 e. The summed E-state index contributed by atoms with van der Waals surface area (Å²) in [5.41, 5.74) is 1.79. The number of hydroxylamine groups is 1. The normalized spacial score (nSPS) is 15.7. The molecule has 6 nitrogen and oxygen atoms in total. The number of carbonyl (C=O) groups excluding carboxylic acids is 2. The number of hydrogen-bond acceptors (Lipinski definition) is 4. The Hall–Kier alpha value is -2.18. The lowest BCUT2D eigenvalue weighted by molar-refractivity contribution is -0.124. The molecule has 1 heterocycles. The Morgan fingerprint density at radius 3 is 2.55 bits per heavy atom. The average molecular weight is 304 g/mol. The number of likely N-dealkylation sites (tertiary alicyclic amines) is 1. The molecule has 0 aliphatic carbocycles. The number of nitrogens with zero attached hydrogens (tertiary/aromatic N) is 1. The van der Waals surface area contributed by atoms with E-state index in [1.165, 1.54) is 11.6 Å². The summed E-state index contributed by atoms with van der Waals surface area (Å²) in [5.74, 6) is -0.724. The van der Waals surface area contributed by atoms with Gasteiger partial charge in [0.05, 0.1) is 5.60 Å². The first-order chi connectivity index (χ1) is 10.3. The highest BCUT2D eigenvalue weighted by Gasteiger charge is 2.40. The molecule has 1 aromatic rings. The number of hydrogen-bond donors (Lipinski definition) is 3. The van der Waals surface area contributed by atoms with Gasteiger partial charge in [0.2, 0.25) is 0 Å². The Kier molecular flexibility index (Phi) is 4.63. The largest absolute Gasteiger partial charge is 0.390 e. The molecule has 22 heavy (non-hydrogen) atoms. The molecule has 0 saturated carbocycles. The van der Waals surface area contributed by atoms with Crippen molar-refractivity contribution in [2.45, 2.75) is 19.4 Å². The molecule has 1 saturated heterocycles. The molecule has 0 spiro atoms. The van der Waals surface area contributed by atoms with Crippen LogP contribution in [0.25, 0.3) is 6.08 Å². The van der Waals surface area contributed by atoms with Gasteiger partial charge in [-0.2, -0.15) is 0 Å². The summed E-state index contributed by atoms with van der Waals surface area (Å²) in [6.45, 7) is 4.50. The van der Waals surface area contributed by atoms with Crippen molar-refractivity contribution in [1.29, 1.82) is 0 Å². The zero-order valence-electron chi connectivity index (χ0n) is 12.6. The number of rotatable bonds is 4. The van der Waals surface area contributed by atoms with E-state index in [9.17, 15) is 14.7 Å². The van der Waals surface area contributed by atoms with Crippen molar-refractivity contribution in [2.24, 2.45) is 5.92 Å². The van der Waals surface area contributed by atoms with Crippen LogP contribution < -0.4 is 5.48 Å². The first-order valence-electron chi connectivity index (χ1n) is 7.05. The SMILES string of the molecule is CC(C)(O)C1CN(C(=O)c2ccccc2/C=C/C(=O)NO)C1. The molecule has 0 atom stereocenters. The van der Waals surface area contributed by atoms with Gasteiger partial charge in [0.1, 0.15) is 0 Å². The van der Waals surface area contributed by atoms with E-state index in [4.69, 9.17) is 5.21 Å². The lowest BCUT2D eigenvalue weighted by Crippen LogP contribution is -2.57. The second-order valence-corrected chi connectivity index (χ2v) is 5.96. The predicted molar refractivity (Wildman–Crippen MR) is 81.1 cm³/mol. The van der Waals surface area contributed by atoms with Gasteiger partial charge in [0.25, 0.3) is 11.8 Å². The summed E-state index contributed by atoms with van der Waals surface area (Å²) in [4.78, 5) is 25.2. The number of benzene rings is 1. The quantitative estimate of drug-likeness (QED) is 0.440. The maximum Gasteiger partial charge on any atom is 0.267 e. The summed E-state index contributed by atoms with van der Waals surface area (Å²) in [6, 6.07) is 6.94. The average Bonchev–Trinajstić information content (AvgIpc) is 2.41. The minimum atomic E-state index is -0.796. The fourth-order valence-corrected chi connectivity index (χ4v) is 2.30. The van der Waals surface area contributed by atoms with Crippen LogP contribution in [0.4, 0.5) is 0 Å². The number of carbonyl (C=O) groups is 2. The van der Waals surface area contributed by atoms with E-state index < -0.39 is 11.5 Å². The Morgan fingerprint density at radius 1 is 1.32 bits per heavy atom. The molecule has 2 rings (SSSR count). The second-order valence-electron chi connectivity index (χ2n) is 5.96. The maximum absolute atomic E-state index is 12.5. The predicted octanol–water partition coefficient (Wildman–Crippen LogP) is 1.05. The minimum absolute atomic E-state index is 0.0688. The lowest BCUT2D eigenvalue weighted by atomic mass is 9.84. The monoisotopic (exact) mass is 304 g/mol. The Bertz CT molecular complexity index is 598. The zero-order chi connectivity index (χ0) is 16.3. The molecule has 1 aliphatic heterocycles. The van der Waals surface area contributed by atoms with Crippen molar-refractivity contribution in [3.8, 4) is 0 Å². The highest BCUT2D eigenvalue weighted by molar-refractivity contribution is 6.00. The van der Waals surface area contributed by atoms with Crippen molar-refractivity contribution in [2.75, 3.05) is 13.1 Å². The summed E-state index contributed by atoms with van der Waals surface area (Å²) in [5, 5.41) is 18.4. The summed E-state index contributed by atoms with van der Waals surface area (Å²) < 4.78 is 0. The van der Waals surface area contributed by atoms with Crippen molar-refractivity contribution in [3.05, 3.63) is 41.5 Å². The third kappa shape index (κ3) is 3.52. The number of amides is 2. The number of aliphatic hydroxyl groups is 1. The van der Waals surface area contributed by atoms with Gasteiger partial charge in [-0.05, 0) is 31.6 Å². The third-order valence-corrected chi connectivity index (χ3v) is 3.88. The van der Waals surface area contributed by atoms with Crippen LogP contribution in [0.2, 0.25) is 0 Å². The molecule has 0 aromatic heterocycles. The zero-order valence-corrected chi connectivity index (χ0v) is 12.6. The molecule has 2 amide bonds. The van der Waals surface area contributed by atoms with Gasteiger partial charge in [-0.1, -0.05) is 18.2 Å². The van der Waals surface area contributed by atoms with E-state index in [2.05, 4.69) is 0 Å². The Morgan fingerprint density at radius 2 is 1.95 bits per heavy atom. The van der Waals surface area contributed by atoms with Crippen LogP contribution in [0, 0.1) is 5.92 Å². The smallest absolute Gasteiger partial charge is 0.267 e. The van der Waals surface area contributed by atoms with Crippen LogP contribution in [0.3, 0.4) is 0 Å². The summed E-state index contributed by atoms with van der Waals surface area (Å²) >= 11 is 0. The van der Waals surface area contributed by atoms with E-state index in [0.717, 1.165) is 6.08 Å². The van der Waals surface area contributed by atoms with Crippen molar-refractivity contribution in [1.82, 2.24) is 10.4 Å². The molecule has 1 aliphatic rings. The summed E-state index contributed by atoms with van der Waals surface area (Å²) in [6.07, 6.45) is 2.63. The van der Waals surface area contributed by atoms with Crippen LogP contribution >= 0.6 is 0 Å². The van der Waals surface area contributed by atoms with Gasteiger partial charge >= 0.3 is 0 Å². The molecule has 1 aromatic carbocycles. The Balaban J connectivity index is 2.12. The van der Waals surface area contributed by atoms with Crippen LogP contribution in [-0.4, -0.2) is 45.7 Å². The second kappa shape index (κ2) is 6.29. The van der Waals surface area contributed by atoms with Crippen LogP contribution in [0.1, 0.15) is 29.8 Å². The number of nitrogens with one attached hydrogen (secondary N) is 1. The van der Waals surface area contributed by atoms with Gasteiger partial charge < -0.3 is 10.0 Å². The van der Waals surface area contributed by atoms with Crippen LogP contribution in [-0.2, 0) is 4.79 Å². The molecular weight excluding hydrogens is 284 g/mol. The van der Waals surface area contributed by atoms with Gasteiger partial charge in [-0.3, -0.25) is 14.8 Å². The fourth-order valence-electron chi connectivity index (χ4n) is 2.30. The molecule has 0 radical (unpaired) electrons. The Labute approximate surface area is 129 Å². The molecule has 118 valence electrons. The van der Waals surface area contributed by atoms with E-state index in [-0.39, 0.29) is 11.8 Å². The first kappa shape index (κ1) is 16.2. The first-order valence-corrected chi connectivity index (χ1v) is 7.05. The fraction of sp³-hybridized carbons (Fsp3) is 0.375. The van der Waals surface area contributed by atoms with E-state index in [1.54, 1.807) is 43.0 Å². The third-order valence-electron chi connectivity index (χ3n) is 3.88. The van der Waals surface area contributed by atoms with E-state index >= 15 is 0 Å². The highest BCUT2D eigenvalue weighted by Crippen LogP contribution is 2.28. The van der Waals surface area contributed by atoms with E-state index in [0.29, 0.717) is 24.2 Å². The maximum atomic E-state index is 12.5. The summed E-state index contributed by atoms with van der Waals surface area (Å²) in [7, 11) is 0. The molecule has 0 bridgehead atoms.